The van der Waals surface area contributed by atoms with Crippen molar-refractivity contribution < 1.29 is 27.4 Å². The van der Waals surface area contributed by atoms with E-state index in [-0.39, 0.29) is 22.1 Å². The predicted molar refractivity (Wildman–Crippen MR) is 84.4 cm³/mol. The third kappa shape index (κ3) is 3.54. The maximum absolute atomic E-state index is 12.8. The number of aromatic nitrogens is 4. The van der Waals surface area contributed by atoms with Gasteiger partial charge in [0.1, 0.15) is 16.5 Å². The van der Waals surface area contributed by atoms with Crippen LogP contribution in [-0.4, -0.2) is 39.9 Å². The Morgan fingerprint density at radius 2 is 1.85 bits per heavy atom. The smallest absolute Gasteiger partial charge is 0.453 e. The Balaban J connectivity index is 1.76. The summed E-state index contributed by atoms with van der Waals surface area (Å²) in [5.41, 5.74) is 0.278. The number of carbonyl (C=O) groups is 1. The lowest BCUT2D eigenvalue weighted by Gasteiger charge is -2.08. The van der Waals surface area contributed by atoms with Crippen molar-refractivity contribution in [3.63, 3.8) is 0 Å². The summed E-state index contributed by atoms with van der Waals surface area (Å²) in [7, 11) is 2.90. The Labute approximate surface area is 148 Å². The molecule has 0 bridgehead atoms. The van der Waals surface area contributed by atoms with Gasteiger partial charge in [0, 0.05) is 11.6 Å². The number of fused-ring (bicyclic) bond motifs is 1. The van der Waals surface area contributed by atoms with Crippen LogP contribution in [0.2, 0.25) is 0 Å². The lowest BCUT2D eigenvalue weighted by molar-refractivity contribution is -0.146. The topological polar surface area (TPSA) is 90.6 Å². The Bertz CT molecular complexity index is 931. The second-order valence-electron chi connectivity index (χ2n) is 5.00. The molecule has 0 unspecified atom stereocenters. The van der Waals surface area contributed by atoms with Crippen LogP contribution in [0.5, 0.6) is 11.5 Å². The summed E-state index contributed by atoms with van der Waals surface area (Å²) in [5.74, 6) is -0.797. The zero-order valence-corrected chi connectivity index (χ0v) is 14.3. The van der Waals surface area contributed by atoms with E-state index in [9.17, 15) is 18.0 Å². The molecule has 0 spiro atoms. The number of ether oxygens (including phenoxy) is 2. The highest BCUT2D eigenvalue weighted by atomic mass is 32.1. The molecule has 138 valence electrons. The van der Waals surface area contributed by atoms with Crippen LogP contribution in [0.3, 0.4) is 0 Å². The molecule has 0 fully saturated rings. The van der Waals surface area contributed by atoms with Crippen LogP contribution in [0.1, 0.15) is 21.2 Å². The lowest BCUT2D eigenvalue weighted by Crippen LogP contribution is -2.23. The zero-order chi connectivity index (χ0) is 18.9. The molecule has 12 heteroatoms. The summed E-state index contributed by atoms with van der Waals surface area (Å²) in [5, 5.41) is 13.1. The van der Waals surface area contributed by atoms with Gasteiger partial charge in [-0.15, -0.1) is 10.2 Å². The predicted octanol–water partition coefficient (Wildman–Crippen LogP) is 2.15. The minimum atomic E-state index is -4.66. The molecule has 0 saturated carbocycles. The van der Waals surface area contributed by atoms with Gasteiger partial charge in [0.05, 0.1) is 20.8 Å². The molecule has 2 heterocycles. The number of methoxy groups -OCH3 is 2. The van der Waals surface area contributed by atoms with E-state index < -0.39 is 17.9 Å². The van der Waals surface area contributed by atoms with Gasteiger partial charge < -0.3 is 14.8 Å². The third-order valence-corrected chi connectivity index (χ3v) is 4.20. The van der Waals surface area contributed by atoms with Crippen molar-refractivity contribution in [1.29, 1.82) is 0 Å². The standard InChI is InChI=1S/C14H12F3N5O3S/c1-24-8-3-7(4-9(5-8)25-2)11(23)18-6-10-21-22-12(14(15,16)17)19-20-13(22)26-10/h3-5H,6H2,1-2H3,(H,18,23). The van der Waals surface area contributed by atoms with Crippen LogP contribution in [0.4, 0.5) is 13.2 Å². The molecule has 3 aromatic rings. The van der Waals surface area contributed by atoms with E-state index in [1.54, 1.807) is 6.07 Å². The summed E-state index contributed by atoms with van der Waals surface area (Å²) >= 11 is 0.901. The fraction of sp³-hybridized carbons (Fsp3) is 0.286. The van der Waals surface area contributed by atoms with Gasteiger partial charge in [-0.1, -0.05) is 11.3 Å². The molecule has 1 amide bonds. The molecule has 0 saturated heterocycles. The summed E-state index contributed by atoms with van der Waals surface area (Å²) in [6.07, 6.45) is -4.66. The molecule has 1 N–H and O–H groups in total. The van der Waals surface area contributed by atoms with Crippen molar-refractivity contribution in [3.05, 3.63) is 34.6 Å². The number of halogens is 3. The van der Waals surface area contributed by atoms with Gasteiger partial charge in [-0.25, -0.2) is 0 Å². The molecule has 0 aliphatic rings. The third-order valence-electron chi connectivity index (χ3n) is 3.30. The van der Waals surface area contributed by atoms with Gasteiger partial charge in [0.2, 0.25) is 4.96 Å². The summed E-state index contributed by atoms with van der Waals surface area (Å²) in [6.45, 7) is -0.0658. The average Bonchev–Trinajstić information content (AvgIpc) is 3.18. The van der Waals surface area contributed by atoms with Crippen LogP contribution in [0.25, 0.3) is 4.96 Å². The molecule has 0 radical (unpaired) electrons. The largest absolute Gasteiger partial charge is 0.497 e. The number of nitrogens with one attached hydrogen (secondary N) is 1. The maximum atomic E-state index is 12.8. The Hall–Kier alpha value is -2.89. The molecule has 2 aromatic heterocycles. The first-order valence-corrected chi connectivity index (χ1v) is 7.93. The van der Waals surface area contributed by atoms with E-state index in [4.69, 9.17) is 9.47 Å². The van der Waals surface area contributed by atoms with Crippen molar-refractivity contribution in [1.82, 2.24) is 25.1 Å². The van der Waals surface area contributed by atoms with Crippen molar-refractivity contribution in [2.45, 2.75) is 12.7 Å². The van der Waals surface area contributed by atoms with E-state index in [1.807, 2.05) is 0 Å². The van der Waals surface area contributed by atoms with Gasteiger partial charge in [0.25, 0.3) is 11.7 Å². The molecule has 3 rings (SSSR count). The van der Waals surface area contributed by atoms with Crippen molar-refractivity contribution >= 4 is 22.2 Å². The molecular formula is C14H12F3N5O3S. The van der Waals surface area contributed by atoms with E-state index in [0.717, 1.165) is 11.3 Å². The number of rotatable bonds is 5. The molecule has 1 aromatic carbocycles. The first kappa shape index (κ1) is 17.9. The molecule has 0 aliphatic carbocycles. The second-order valence-corrected chi connectivity index (χ2v) is 6.04. The zero-order valence-electron chi connectivity index (χ0n) is 13.5. The number of amides is 1. The Morgan fingerprint density at radius 3 is 2.42 bits per heavy atom. The van der Waals surface area contributed by atoms with Crippen LogP contribution >= 0.6 is 11.3 Å². The number of alkyl halides is 3. The number of nitrogens with zero attached hydrogens (tertiary/aromatic N) is 4. The van der Waals surface area contributed by atoms with Gasteiger partial charge in [-0.3, -0.25) is 4.79 Å². The highest BCUT2D eigenvalue weighted by Gasteiger charge is 2.38. The van der Waals surface area contributed by atoms with Crippen LogP contribution in [0, 0.1) is 0 Å². The van der Waals surface area contributed by atoms with Crippen molar-refractivity contribution in [2.75, 3.05) is 14.2 Å². The Kier molecular flexibility index (Phi) is 4.68. The second kappa shape index (κ2) is 6.78. The first-order valence-electron chi connectivity index (χ1n) is 7.11. The Morgan fingerprint density at radius 1 is 1.19 bits per heavy atom. The highest BCUT2D eigenvalue weighted by molar-refractivity contribution is 7.16. The summed E-state index contributed by atoms with van der Waals surface area (Å²) < 4.78 is 49.2. The highest BCUT2D eigenvalue weighted by Crippen LogP contribution is 2.29. The van der Waals surface area contributed by atoms with Gasteiger partial charge in [-0.05, 0) is 12.1 Å². The molecule has 26 heavy (non-hydrogen) atoms. The molecule has 8 nitrogen and oxygen atoms in total. The van der Waals surface area contributed by atoms with E-state index in [0.29, 0.717) is 16.0 Å². The quantitative estimate of drug-likeness (QED) is 0.722. The SMILES string of the molecule is COc1cc(OC)cc(C(=O)NCc2nn3c(C(F)(F)F)nnc3s2)c1. The minimum absolute atomic E-state index is 0.00961. The molecule has 0 aliphatic heterocycles. The van der Waals surface area contributed by atoms with E-state index in [1.165, 1.54) is 26.4 Å². The van der Waals surface area contributed by atoms with Gasteiger partial charge in [0.15, 0.2) is 0 Å². The first-order chi connectivity index (χ1) is 12.3. The number of benzene rings is 1. The van der Waals surface area contributed by atoms with E-state index >= 15 is 0 Å². The van der Waals surface area contributed by atoms with Crippen LogP contribution < -0.4 is 14.8 Å². The summed E-state index contributed by atoms with van der Waals surface area (Å²) in [6, 6.07) is 4.63. The fourth-order valence-corrected chi connectivity index (χ4v) is 2.87. The monoisotopic (exact) mass is 387 g/mol. The molecule has 0 atom stereocenters. The average molecular weight is 387 g/mol. The van der Waals surface area contributed by atoms with E-state index in [2.05, 4.69) is 20.6 Å². The number of hydrogen-bond acceptors (Lipinski definition) is 7. The molecular weight excluding hydrogens is 375 g/mol. The lowest BCUT2D eigenvalue weighted by atomic mass is 10.2. The normalized spacial score (nSPS) is 11.6. The maximum Gasteiger partial charge on any atom is 0.453 e. The van der Waals surface area contributed by atoms with Crippen molar-refractivity contribution in [3.8, 4) is 11.5 Å². The van der Waals surface area contributed by atoms with Gasteiger partial charge >= 0.3 is 6.18 Å². The van der Waals surface area contributed by atoms with Crippen LogP contribution in [-0.2, 0) is 12.7 Å². The number of carbonyl (C=O) groups excluding carboxylic acids is 1. The summed E-state index contributed by atoms with van der Waals surface area (Å²) in [4.78, 5) is 12.3. The van der Waals surface area contributed by atoms with Gasteiger partial charge in [-0.2, -0.15) is 22.8 Å². The minimum Gasteiger partial charge on any atom is -0.497 e. The fourth-order valence-electron chi connectivity index (χ4n) is 2.10. The van der Waals surface area contributed by atoms with Crippen LogP contribution in [0.15, 0.2) is 18.2 Å². The van der Waals surface area contributed by atoms with Crippen molar-refractivity contribution in [2.24, 2.45) is 0 Å². The number of hydrogen-bond donors (Lipinski definition) is 1.